The van der Waals surface area contributed by atoms with Crippen LogP contribution in [0.15, 0.2) is 0 Å². The number of hydrogen-bond donors (Lipinski definition) is 3. The fourth-order valence-electron chi connectivity index (χ4n) is 1.46. The van der Waals surface area contributed by atoms with Crippen LogP contribution in [0.5, 0.6) is 0 Å². The van der Waals surface area contributed by atoms with Gasteiger partial charge in [-0.15, -0.1) is 0 Å². The van der Waals surface area contributed by atoms with Gasteiger partial charge in [0.15, 0.2) is 6.29 Å². The molecule has 1 aliphatic heterocycles. The van der Waals surface area contributed by atoms with Gasteiger partial charge in [0.25, 0.3) is 0 Å². The number of sulfone groups is 1. The molecule has 7 heteroatoms. The van der Waals surface area contributed by atoms with E-state index in [2.05, 4.69) is 0 Å². The highest BCUT2D eigenvalue weighted by Crippen LogP contribution is 2.21. The van der Waals surface area contributed by atoms with Gasteiger partial charge >= 0.3 is 0 Å². The number of aliphatic hydroxyl groups excluding tert-OH is 3. The lowest BCUT2D eigenvalue weighted by Gasteiger charge is -2.34. The average molecular weight is 240 g/mol. The Kier molecular flexibility index (Phi) is 4.07. The molecule has 0 bridgehead atoms. The summed E-state index contributed by atoms with van der Waals surface area (Å²) in [6.45, 7) is 0. The Morgan fingerprint density at radius 2 is 1.93 bits per heavy atom. The van der Waals surface area contributed by atoms with Crippen molar-refractivity contribution in [2.45, 2.75) is 37.4 Å². The molecule has 0 aromatic carbocycles. The van der Waals surface area contributed by atoms with Crippen molar-refractivity contribution in [2.75, 3.05) is 12.0 Å². The van der Waals surface area contributed by atoms with Gasteiger partial charge in [0.2, 0.25) is 0 Å². The third-order valence-corrected chi connectivity index (χ3v) is 3.31. The number of rotatable bonds is 3. The molecule has 1 fully saturated rings. The molecule has 15 heavy (non-hydrogen) atoms. The van der Waals surface area contributed by atoms with Crippen molar-refractivity contribution in [3.05, 3.63) is 0 Å². The molecule has 0 amide bonds. The summed E-state index contributed by atoms with van der Waals surface area (Å²) in [6.07, 6.45) is -2.92. The van der Waals surface area contributed by atoms with E-state index in [0.29, 0.717) is 0 Å². The van der Waals surface area contributed by atoms with E-state index >= 15 is 0 Å². The maximum Gasteiger partial charge on any atom is 0.183 e. The van der Waals surface area contributed by atoms with E-state index in [1.807, 2.05) is 0 Å². The minimum absolute atomic E-state index is 0.0623. The van der Waals surface area contributed by atoms with E-state index in [0.717, 1.165) is 6.26 Å². The molecule has 1 unspecified atom stereocenters. The van der Waals surface area contributed by atoms with Crippen LogP contribution in [-0.4, -0.2) is 60.3 Å². The summed E-state index contributed by atoms with van der Waals surface area (Å²) < 4.78 is 26.7. The van der Waals surface area contributed by atoms with Crippen LogP contribution in [0.3, 0.4) is 0 Å². The second-order valence-corrected chi connectivity index (χ2v) is 6.12. The molecule has 3 N–H and O–H groups in total. The summed E-state index contributed by atoms with van der Waals surface area (Å²) in [4.78, 5) is 0. The summed E-state index contributed by atoms with van der Waals surface area (Å²) in [7, 11) is -3.08. The van der Waals surface area contributed by atoms with Gasteiger partial charge in [-0.05, 0) is 6.42 Å². The minimum atomic E-state index is -3.08. The average Bonchev–Trinajstić information content (AvgIpc) is 2.09. The van der Waals surface area contributed by atoms with E-state index in [1.165, 1.54) is 0 Å². The number of aliphatic hydroxyl groups is 3. The van der Waals surface area contributed by atoms with Gasteiger partial charge in [0.1, 0.15) is 15.9 Å². The van der Waals surface area contributed by atoms with Crippen molar-refractivity contribution in [1.29, 1.82) is 0 Å². The maximum atomic E-state index is 10.9. The molecular formula is C8H16O6S. The highest BCUT2D eigenvalue weighted by atomic mass is 32.2. The van der Waals surface area contributed by atoms with Crippen LogP contribution in [0.4, 0.5) is 0 Å². The van der Waals surface area contributed by atoms with Crippen molar-refractivity contribution in [3.63, 3.8) is 0 Å². The SMILES string of the molecule is CS(=O)(=O)CC[C@@H]1C[C@H](O)[C@H](O)C(O)O1. The number of ether oxygens (including phenoxy) is 1. The molecule has 0 saturated carbocycles. The number of hydrogen-bond acceptors (Lipinski definition) is 6. The fourth-order valence-corrected chi connectivity index (χ4v) is 2.15. The summed E-state index contributed by atoms with van der Waals surface area (Å²) in [5, 5.41) is 27.6. The molecule has 1 heterocycles. The zero-order valence-electron chi connectivity index (χ0n) is 8.41. The van der Waals surface area contributed by atoms with Crippen LogP contribution < -0.4 is 0 Å². The lowest BCUT2D eigenvalue weighted by molar-refractivity contribution is -0.246. The highest BCUT2D eigenvalue weighted by molar-refractivity contribution is 7.90. The van der Waals surface area contributed by atoms with Crippen LogP contribution in [-0.2, 0) is 14.6 Å². The van der Waals surface area contributed by atoms with Gasteiger partial charge < -0.3 is 20.1 Å². The zero-order chi connectivity index (χ0) is 11.6. The normalized spacial score (nSPS) is 37.9. The molecule has 1 rings (SSSR count). The molecule has 0 aliphatic carbocycles. The van der Waals surface area contributed by atoms with Crippen molar-refractivity contribution in [1.82, 2.24) is 0 Å². The summed E-state index contributed by atoms with van der Waals surface area (Å²) in [5.74, 6) is -0.0623. The molecule has 0 radical (unpaired) electrons. The molecule has 0 aromatic heterocycles. The third-order valence-electron chi connectivity index (χ3n) is 2.33. The van der Waals surface area contributed by atoms with Gasteiger partial charge in [0.05, 0.1) is 18.0 Å². The Morgan fingerprint density at radius 3 is 2.40 bits per heavy atom. The highest BCUT2D eigenvalue weighted by Gasteiger charge is 2.35. The zero-order valence-corrected chi connectivity index (χ0v) is 9.22. The predicted octanol–water partition coefficient (Wildman–Crippen LogP) is -1.75. The quantitative estimate of drug-likeness (QED) is 0.540. The molecular weight excluding hydrogens is 224 g/mol. The van der Waals surface area contributed by atoms with Crippen LogP contribution >= 0.6 is 0 Å². The minimum Gasteiger partial charge on any atom is -0.390 e. The van der Waals surface area contributed by atoms with Gasteiger partial charge in [0, 0.05) is 12.7 Å². The second-order valence-electron chi connectivity index (χ2n) is 3.86. The van der Waals surface area contributed by atoms with Crippen LogP contribution in [0.1, 0.15) is 12.8 Å². The molecule has 1 saturated heterocycles. The molecule has 0 spiro atoms. The largest absolute Gasteiger partial charge is 0.390 e. The maximum absolute atomic E-state index is 10.9. The summed E-state index contributed by atoms with van der Waals surface area (Å²) in [5.41, 5.74) is 0. The van der Waals surface area contributed by atoms with Crippen LogP contribution in [0.25, 0.3) is 0 Å². The van der Waals surface area contributed by atoms with Crippen LogP contribution in [0.2, 0.25) is 0 Å². The van der Waals surface area contributed by atoms with Gasteiger partial charge in [-0.25, -0.2) is 8.42 Å². The van der Waals surface area contributed by atoms with Crippen molar-refractivity contribution < 1.29 is 28.5 Å². The smallest absolute Gasteiger partial charge is 0.183 e. The molecule has 90 valence electrons. The van der Waals surface area contributed by atoms with E-state index in [1.54, 1.807) is 0 Å². The Bertz CT molecular complexity index is 288. The first kappa shape index (κ1) is 12.9. The standard InChI is InChI=1S/C8H16O6S/c1-15(12,13)3-2-5-4-6(9)7(10)8(11)14-5/h5-11H,2-4H2,1H3/t5-,6+,7+,8?/m1/s1. The van der Waals surface area contributed by atoms with Gasteiger partial charge in [-0.2, -0.15) is 0 Å². The lowest BCUT2D eigenvalue weighted by Crippen LogP contribution is -2.48. The first-order valence-corrected chi connectivity index (χ1v) is 6.73. The first-order valence-electron chi connectivity index (χ1n) is 4.67. The van der Waals surface area contributed by atoms with Crippen LogP contribution in [0, 0.1) is 0 Å². The van der Waals surface area contributed by atoms with Crippen molar-refractivity contribution in [3.8, 4) is 0 Å². The predicted molar refractivity (Wildman–Crippen MR) is 51.8 cm³/mol. The van der Waals surface area contributed by atoms with E-state index in [9.17, 15) is 13.5 Å². The monoisotopic (exact) mass is 240 g/mol. The van der Waals surface area contributed by atoms with E-state index < -0.39 is 34.4 Å². The topological polar surface area (TPSA) is 104 Å². The summed E-state index contributed by atoms with van der Waals surface area (Å²) >= 11 is 0. The Hall–Kier alpha value is -0.210. The van der Waals surface area contributed by atoms with Gasteiger partial charge in [-0.1, -0.05) is 0 Å². The first-order chi connectivity index (χ1) is 6.79. The molecule has 6 nitrogen and oxygen atoms in total. The Balaban J connectivity index is 2.45. The van der Waals surface area contributed by atoms with E-state index in [-0.39, 0.29) is 18.6 Å². The molecule has 4 atom stereocenters. The Morgan fingerprint density at radius 1 is 1.33 bits per heavy atom. The van der Waals surface area contributed by atoms with Crippen molar-refractivity contribution in [2.24, 2.45) is 0 Å². The lowest BCUT2D eigenvalue weighted by atomic mass is 10.0. The molecule has 1 aliphatic rings. The molecule has 0 aromatic rings. The van der Waals surface area contributed by atoms with E-state index in [4.69, 9.17) is 14.9 Å². The summed E-state index contributed by atoms with van der Waals surface area (Å²) in [6, 6.07) is 0. The fraction of sp³-hybridized carbons (Fsp3) is 1.00. The second kappa shape index (κ2) is 4.75. The van der Waals surface area contributed by atoms with Gasteiger partial charge in [-0.3, -0.25) is 0 Å². The third kappa shape index (κ3) is 4.04. The Labute approximate surface area is 88.4 Å². The van der Waals surface area contributed by atoms with Crippen molar-refractivity contribution >= 4 is 9.84 Å².